The predicted octanol–water partition coefficient (Wildman–Crippen LogP) is 4.15. The molecule has 0 aliphatic rings. The molecule has 0 fully saturated rings. The first-order chi connectivity index (χ1) is 12.1. The molecule has 0 saturated heterocycles. The molecule has 0 aliphatic carbocycles. The first-order valence-corrected chi connectivity index (χ1v) is 8.40. The molecule has 0 unspecified atom stereocenters. The molecule has 1 atom stereocenters. The number of hydrogen-bond acceptors (Lipinski definition) is 5. The Morgan fingerprint density at radius 3 is 2.15 bits per heavy atom. The standard InChI is InChI=1S/C18H17Cl2NO5/c1-8-14(18(24)25-4)9(2)21-15(8)16(22)10(3)26-17(23)11-5-12(19)7-13(20)6-11/h5-7,10,21H,1-4H3/t10-/m0/s1. The van der Waals surface area contributed by atoms with Crippen LogP contribution >= 0.6 is 23.2 Å². The fraction of sp³-hybridized carbons (Fsp3) is 0.278. The molecule has 0 aliphatic heterocycles. The van der Waals surface area contributed by atoms with Crippen molar-refractivity contribution >= 4 is 40.9 Å². The van der Waals surface area contributed by atoms with Crippen LogP contribution in [0.4, 0.5) is 0 Å². The Hall–Kier alpha value is -2.31. The van der Waals surface area contributed by atoms with Gasteiger partial charge in [-0.15, -0.1) is 0 Å². The lowest BCUT2D eigenvalue weighted by Crippen LogP contribution is -2.25. The van der Waals surface area contributed by atoms with Crippen LogP contribution in [0.1, 0.15) is 49.4 Å². The summed E-state index contributed by atoms with van der Waals surface area (Å²) in [6, 6.07) is 4.27. The summed E-state index contributed by atoms with van der Waals surface area (Å²) in [4.78, 5) is 39.5. The summed E-state index contributed by atoms with van der Waals surface area (Å²) in [5, 5.41) is 0.559. The van der Waals surface area contributed by atoms with Crippen LogP contribution in [-0.2, 0) is 9.47 Å². The number of nitrogens with one attached hydrogen (secondary N) is 1. The maximum absolute atomic E-state index is 12.6. The molecule has 0 bridgehead atoms. The van der Waals surface area contributed by atoms with Crippen LogP contribution < -0.4 is 0 Å². The molecule has 8 heteroatoms. The van der Waals surface area contributed by atoms with Gasteiger partial charge in [0.15, 0.2) is 6.10 Å². The minimum Gasteiger partial charge on any atom is -0.465 e. The quantitative estimate of drug-likeness (QED) is 0.604. The average Bonchev–Trinajstić information content (AvgIpc) is 2.87. The van der Waals surface area contributed by atoms with Gasteiger partial charge in [0.2, 0.25) is 5.78 Å². The smallest absolute Gasteiger partial charge is 0.339 e. The van der Waals surface area contributed by atoms with E-state index in [1.165, 1.54) is 32.2 Å². The Kier molecular flexibility index (Phi) is 6.10. The van der Waals surface area contributed by atoms with E-state index in [2.05, 4.69) is 4.98 Å². The van der Waals surface area contributed by atoms with Crippen LogP contribution in [0.25, 0.3) is 0 Å². The number of ketones is 1. The zero-order valence-electron chi connectivity index (χ0n) is 14.6. The Morgan fingerprint density at radius 2 is 1.62 bits per heavy atom. The maximum Gasteiger partial charge on any atom is 0.339 e. The number of aromatic amines is 1. The highest BCUT2D eigenvalue weighted by Crippen LogP contribution is 2.22. The number of carbonyl (C=O) groups is 3. The van der Waals surface area contributed by atoms with Gasteiger partial charge in [0.1, 0.15) is 0 Å². The fourth-order valence-corrected chi connectivity index (χ4v) is 3.09. The van der Waals surface area contributed by atoms with Crippen molar-refractivity contribution in [3.05, 3.63) is 56.3 Å². The average molecular weight is 398 g/mol. The first kappa shape index (κ1) is 20.0. The van der Waals surface area contributed by atoms with Crippen LogP contribution in [0, 0.1) is 13.8 Å². The van der Waals surface area contributed by atoms with Crippen molar-refractivity contribution in [1.82, 2.24) is 4.98 Å². The van der Waals surface area contributed by atoms with Crippen molar-refractivity contribution in [3.63, 3.8) is 0 Å². The molecule has 2 aromatic rings. The van der Waals surface area contributed by atoms with Crippen molar-refractivity contribution in [2.24, 2.45) is 0 Å². The molecule has 26 heavy (non-hydrogen) atoms. The Balaban J connectivity index is 2.22. The monoisotopic (exact) mass is 397 g/mol. The summed E-state index contributed by atoms with van der Waals surface area (Å²) in [7, 11) is 1.26. The summed E-state index contributed by atoms with van der Waals surface area (Å²) in [6.07, 6.45) is -1.08. The van der Waals surface area contributed by atoms with Crippen LogP contribution in [0.2, 0.25) is 10.0 Å². The minimum atomic E-state index is -1.08. The Bertz CT molecular complexity index is 868. The lowest BCUT2D eigenvalue weighted by atomic mass is 10.1. The number of halogens is 2. The highest BCUT2D eigenvalue weighted by atomic mass is 35.5. The molecule has 1 N–H and O–H groups in total. The number of carbonyl (C=O) groups excluding carboxylic acids is 3. The molecule has 1 aromatic heterocycles. The van der Waals surface area contributed by atoms with Gasteiger partial charge in [0.05, 0.1) is 23.9 Å². The van der Waals surface area contributed by atoms with E-state index in [4.69, 9.17) is 32.7 Å². The lowest BCUT2D eigenvalue weighted by Gasteiger charge is -2.12. The SMILES string of the molecule is COC(=O)c1c(C)[nH]c(C(=O)[C@H](C)OC(=O)c2cc(Cl)cc(Cl)c2)c1C. The summed E-state index contributed by atoms with van der Waals surface area (Å²) >= 11 is 11.7. The summed E-state index contributed by atoms with van der Waals surface area (Å²) < 4.78 is 9.93. The number of methoxy groups -OCH3 is 1. The first-order valence-electron chi connectivity index (χ1n) is 7.64. The normalized spacial score (nSPS) is 11.8. The molecule has 0 saturated carbocycles. The third-order valence-corrected chi connectivity index (χ3v) is 4.26. The van der Waals surface area contributed by atoms with E-state index >= 15 is 0 Å². The minimum absolute atomic E-state index is 0.136. The van der Waals surface area contributed by atoms with Gasteiger partial charge in [0.25, 0.3) is 0 Å². The Labute approximate surface area is 160 Å². The van der Waals surface area contributed by atoms with Crippen molar-refractivity contribution in [1.29, 1.82) is 0 Å². The van der Waals surface area contributed by atoms with Crippen molar-refractivity contribution < 1.29 is 23.9 Å². The van der Waals surface area contributed by atoms with Crippen molar-refractivity contribution in [2.45, 2.75) is 26.9 Å². The second-order valence-electron chi connectivity index (χ2n) is 5.69. The van der Waals surface area contributed by atoms with E-state index in [1.807, 2.05) is 0 Å². The molecule has 138 valence electrons. The zero-order valence-corrected chi connectivity index (χ0v) is 16.1. The van der Waals surface area contributed by atoms with E-state index in [9.17, 15) is 14.4 Å². The second-order valence-corrected chi connectivity index (χ2v) is 6.56. The molecular weight excluding hydrogens is 381 g/mol. The molecule has 1 aromatic carbocycles. The van der Waals surface area contributed by atoms with Crippen LogP contribution in [0.15, 0.2) is 18.2 Å². The topological polar surface area (TPSA) is 85.5 Å². The summed E-state index contributed by atoms with van der Waals surface area (Å²) in [5.74, 6) is -1.75. The van der Waals surface area contributed by atoms with Gasteiger partial charge in [0, 0.05) is 15.7 Å². The van der Waals surface area contributed by atoms with E-state index in [0.29, 0.717) is 11.3 Å². The van der Waals surface area contributed by atoms with Gasteiger partial charge in [-0.25, -0.2) is 9.59 Å². The molecule has 0 amide bonds. The second kappa shape index (κ2) is 7.93. The van der Waals surface area contributed by atoms with Gasteiger partial charge < -0.3 is 14.5 Å². The molecule has 2 rings (SSSR count). The van der Waals surface area contributed by atoms with Gasteiger partial charge >= 0.3 is 11.9 Å². The van der Waals surface area contributed by atoms with E-state index < -0.39 is 23.8 Å². The Morgan fingerprint density at radius 1 is 1.04 bits per heavy atom. The largest absolute Gasteiger partial charge is 0.465 e. The number of esters is 2. The van der Waals surface area contributed by atoms with Gasteiger partial charge in [-0.05, 0) is 44.5 Å². The number of Topliss-reactive ketones (excluding diaryl/α,β-unsaturated/α-hetero) is 1. The van der Waals surface area contributed by atoms with Gasteiger partial charge in [-0.2, -0.15) is 0 Å². The number of aryl methyl sites for hydroxylation is 1. The van der Waals surface area contributed by atoms with Gasteiger partial charge in [-0.3, -0.25) is 4.79 Å². The number of benzene rings is 1. The lowest BCUT2D eigenvalue weighted by molar-refractivity contribution is 0.0316. The predicted molar refractivity (Wildman–Crippen MR) is 97.3 cm³/mol. The zero-order chi connectivity index (χ0) is 19.6. The highest BCUT2D eigenvalue weighted by molar-refractivity contribution is 6.35. The van der Waals surface area contributed by atoms with E-state index in [0.717, 1.165) is 0 Å². The number of hydrogen-bond donors (Lipinski definition) is 1. The summed E-state index contributed by atoms with van der Waals surface area (Å²) in [5.41, 5.74) is 1.55. The number of ether oxygens (including phenoxy) is 2. The van der Waals surface area contributed by atoms with E-state index in [1.54, 1.807) is 13.8 Å². The highest BCUT2D eigenvalue weighted by Gasteiger charge is 2.27. The van der Waals surface area contributed by atoms with Crippen molar-refractivity contribution in [3.8, 4) is 0 Å². The van der Waals surface area contributed by atoms with Gasteiger partial charge in [-0.1, -0.05) is 23.2 Å². The molecule has 0 spiro atoms. The third kappa shape index (κ3) is 4.08. The number of rotatable bonds is 5. The molecular formula is C18H17Cl2NO5. The molecule has 1 heterocycles. The van der Waals surface area contributed by atoms with Crippen molar-refractivity contribution in [2.75, 3.05) is 7.11 Å². The van der Waals surface area contributed by atoms with E-state index in [-0.39, 0.29) is 26.9 Å². The van der Waals surface area contributed by atoms with Crippen LogP contribution in [0.5, 0.6) is 0 Å². The van der Waals surface area contributed by atoms with Crippen LogP contribution in [0.3, 0.4) is 0 Å². The number of aromatic nitrogens is 1. The third-order valence-electron chi connectivity index (χ3n) is 3.82. The fourth-order valence-electron chi connectivity index (χ4n) is 2.56. The summed E-state index contributed by atoms with van der Waals surface area (Å²) in [6.45, 7) is 4.72. The molecule has 0 radical (unpaired) electrons. The number of H-pyrrole nitrogens is 1. The maximum atomic E-state index is 12.6. The molecule has 6 nitrogen and oxygen atoms in total. The van der Waals surface area contributed by atoms with Crippen LogP contribution in [-0.4, -0.2) is 35.9 Å².